The van der Waals surface area contributed by atoms with Gasteiger partial charge in [-0.3, -0.25) is 24.1 Å². The second-order valence-electron chi connectivity index (χ2n) is 7.73. The van der Waals surface area contributed by atoms with E-state index in [1.54, 1.807) is 24.4 Å². The topological polar surface area (TPSA) is 192 Å². The molecule has 11 nitrogen and oxygen atoms in total. The van der Waals surface area contributed by atoms with Gasteiger partial charge in [-0.15, -0.1) is 0 Å². The number of aromatic nitrogens is 1. The minimum atomic E-state index is -4.49. The fraction of sp³-hybridized carbons (Fsp3) is 0.174. The number of pyridine rings is 1. The van der Waals surface area contributed by atoms with Crippen LogP contribution in [0.3, 0.4) is 0 Å². The van der Waals surface area contributed by atoms with Gasteiger partial charge in [0.2, 0.25) is 0 Å². The second kappa shape index (κ2) is 15.2. The van der Waals surface area contributed by atoms with Crippen LogP contribution in [-0.2, 0) is 26.7 Å². The molecule has 15 heteroatoms. The first-order valence-electron chi connectivity index (χ1n) is 10.4. The molecule has 2 N–H and O–H groups in total. The van der Waals surface area contributed by atoms with Crippen LogP contribution in [0.2, 0.25) is 0 Å². The molecule has 0 saturated heterocycles. The van der Waals surface area contributed by atoms with Crippen LogP contribution in [0.4, 0.5) is 0 Å². The van der Waals surface area contributed by atoms with Gasteiger partial charge in [0, 0.05) is 43.3 Å². The Hall–Kier alpha value is -1.65. The zero-order chi connectivity index (χ0) is 26.3. The number of hydrogen-bond donors (Lipinski definition) is 2. The summed E-state index contributed by atoms with van der Waals surface area (Å²) in [6, 6.07) is 11.4. The van der Waals surface area contributed by atoms with Crippen molar-refractivity contribution < 1.29 is 95.3 Å². The van der Waals surface area contributed by atoms with Crippen molar-refractivity contribution in [2.75, 3.05) is 13.1 Å². The molecule has 1 aromatic heterocycles. The molecule has 0 aliphatic rings. The first-order valence-corrected chi connectivity index (χ1v) is 13.3. The van der Waals surface area contributed by atoms with E-state index in [2.05, 4.69) is 15.0 Å². The van der Waals surface area contributed by atoms with Crippen LogP contribution < -0.4 is 69.3 Å². The summed E-state index contributed by atoms with van der Waals surface area (Å²) in [5, 5.41) is 24.1. The maximum absolute atomic E-state index is 12.0. The Morgan fingerprint density at radius 2 is 1.26 bits per heavy atom. The standard InChI is InChI=1S/C23H23N3O8S2.2Na/c27-22-6-4-20(35(29,30)31)10-17(22)14-24-12-16(9-19-3-1-2-8-26-19)13-25-15-18-11-21(36(32,33)34)5-7-23(18)28;;/h1-8,10-11,14-16,27-28H,9,12-13H2,(H,29,30,31)(H,32,33,34);;/q;2*+1/p-2. The molecule has 0 atom stereocenters. The average Bonchev–Trinajstić information content (AvgIpc) is 2.80. The van der Waals surface area contributed by atoms with Crippen molar-refractivity contribution in [1.82, 2.24) is 4.98 Å². The summed E-state index contributed by atoms with van der Waals surface area (Å²) in [4.78, 5) is 11.9. The number of rotatable bonds is 10. The maximum Gasteiger partial charge on any atom is 1.00 e. The van der Waals surface area contributed by atoms with Gasteiger partial charge in [0.1, 0.15) is 0 Å². The first kappa shape index (κ1) is 34.4. The summed E-state index contributed by atoms with van der Waals surface area (Å²) in [5.74, 6) is -1.22. The molecule has 0 radical (unpaired) electrons. The molecule has 190 valence electrons. The molecular formula is C23H21N3Na2O8S2. The predicted octanol–water partition coefficient (Wildman–Crippen LogP) is -4.87. The van der Waals surface area contributed by atoms with Crippen molar-refractivity contribution in [2.24, 2.45) is 15.9 Å². The molecule has 0 unspecified atom stereocenters. The normalized spacial score (nSPS) is 12.7. The average molecular weight is 578 g/mol. The molecule has 0 fully saturated rings. The number of aliphatic imine (C=N–C) groups is 2. The number of nitrogens with zero attached hydrogens (tertiary/aromatic N) is 3. The van der Waals surface area contributed by atoms with E-state index >= 15 is 0 Å². The van der Waals surface area contributed by atoms with Gasteiger partial charge in [-0.25, -0.2) is 0 Å². The van der Waals surface area contributed by atoms with Gasteiger partial charge in [-0.05, 0) is 53.9 Å². The van der Waals surface area contributed by atoms with Crippen molar-refractivity contribution in [3.8, 4) is 11.5 Å². The molecule has 2 aromatic carbocycles. The molecule has 0 aliphatic heterocycles. The third kappa shape index (κ3) is 10.5. The SMILES string of the molecule is O=S(=O)(O)c1ccc([O-])c(C=NCC(CN=Cc2cc(S(=O)(=O)O)ccc2[O-])Cc2ccccn2)c1.[Na+].[Na+]. The Morgan fingerprint density at radius 1 is 0.789 bits per heavy atom. The second-order valence-corrected chi connectivity index (χ2v) is 10.6. The Bertz CT molecular complexity index is 1410. The minimum absolute atomic E-state index is 0. The zero-order valence-corrected chi connectivity index (χ0v) is 26.3. The molecule has 0 bridgehead atoms. The summed E-state index contributed by atoms with van der Waals surface area (Å²) in [5.41, 5.74) is 0.690. The van der Waals surface area contributed by atoms with Crippen molar-refractivity contribution in [3.63, 3.8) is 0 Å². The third-order valence-corrected chi connectivity index (χ3v) is 6.67. The van der Waals surface area contributed by atoms with Crippen LogP contribution in [0.15, 0.2) is 80.6 Å². The van der Waals surface area contributed by atoms with E-state index in [1.807, 2.05) is 0 Å². The Kier molecular flexibility index (Phi) is 13.8. The van der Waals surface area contributed by atoms with Crippen LogP contribution in [0, 0.1) is 5.92 Å². The van der Waals surface area contributed by atoms with Gasteiger partial charge in [0.15, 0.2) is 0 Å². The maximum atomic E-state index is 12.0. The first-order chi connectivity index (χ1) is 16.9. The van der Waals surface area contributed by atoms with Crippen LogP contribution in [0.1, 0.15) is 16.8 Å². The fourth-order valence-corrected chi connectivity index (χ4v) is 4.21. The quantitative estimate of drug-likeness (QED) is 0.135. The molecule has 3 aromatic rings. The Labute approximate surface area is 264 Å². The molecule has 0 aliphatic carbocycles. The van der Waals surface area contributed by atoms with Gasteiger partial charge < -0.3 is 10.2 Å². The van der Waals surface area contributed by atoms with Crippen molar-refractivity contribution in [2.45, 2.75) is 16.2 Å². The van der Waals surface area contributed by atoms with Crippen molar-refractivity contribution in [3.05, 3.63) is 77.6 Å². The van der Waals surface area contributed by atoms with Gasteiger partial charge >= 0.3 is 59.1 Å². The molecule has 0 spiro atoms. The predicted molar refractivity (Wildman–Crippen MR) is 128 cm³/mol. The summed E-state index contributed by atoms with van der Waals surface area (Å²) in [6.07, 6.45) is 4.46. The van der Waals surface area contributed by atoms with E-state index in [0.717, 1.165) is 42.1 Å². The Morgan fingerprint density at radius 3 is 1.66 bits per heavy atom. The molecule has 0 amide bonds. The smallest absolute Gasteiger partial charge is 0.872 e. The van der Waals surface area contributed by atoms with E-state index in [1.165, 1.54) is 12.4 Å². The van der Waals surface area contributed by atoms with E-state index in [4.69, 9.17) is 0 Å². The van der Waals surface area contributed by atoms with Gasteiger partial charge in [0.05, 0.1) is 9.79 Å². The minimum Gasteiger partial charge on any atom is -0.872 e. The number of hydrogen-bond acceptors (Lipinski definition) is 9. The van der Waals surface area contributed by atoms with Gasteiger partial charge in [-0.1, -0.05) is 29.7 Å². The van der Waals surface area contributed by atoms with Crippen LogP contribution >= 0.6 is 0 Å². The largest absolute Gasteiger partial charge is 1.00 e. The van der Waals surface area contributed by atoms with Crippen molar-refractivity contribution in [1.29, 1.82) is 0 Å². The Balaban J connectivity index is 0.00000361. The van der Waals surface area contributed by atoms with Crippen LogP contribution in [0.25, 0.3) is 0 Å². The molecule has 3 rings (SSSR count). The van der Waals surface area contributed by atoms with E-state index in [0.29, 0.717) is 6.42 Å². The van der Waals surface area contributed by atoms with Crippen LogP contribution in [-0.4, -0.2) is 56.4 Å². The van der Waals surface area contributed by atoms with Gasteiger partial charge in [0.25, 0.3) is 20.2 Å². The van der Waals surface area contributed by atoms with Crippen molar-refractivity contribution >= 4 is 32.7 Å². The van der Waals surface area contributed by atoms with E-state index in [-0.39, 0.29) is 89.2 Å². The van der Waals surface area contributed by atoms with E-state index in [9.17, 15) is 36.2 Å². The van der Waals surface area contributed by atoms with Gasteiger partial charge in [-0.2, -0.15) is 16.8 Å². The molecular weight excluding hydrogens is 556 g/mol. The molecule has 38 heavy (non-hydrogen) atoms. The summed E-state index contributed by atoms with van der Waals surface area (Å²) < 4.78 is 63.7. The van der Waals surface area contributed by atoms with E-state index < -0.39 is 41.5 Å². The summed E-state index contributed by atoms with van der Waals surface area (Å²) in [6.45, 7) is 0.303. The molecule has 0 saturated carbocycles. The molecule has 1 heterocycles. The monoisotopic (exact) mass is 577 g/mol. The number of benzene rings is 2. The van der Waals surface area contributed by atoms with Crippen LogP contribution in [0.5, 0.6) is 11.5 Å². The zero-order valence-electron chi connectivity index (χ0n) is 20.6. The third-order valence-electron chi connectivity index (χ3n) is 4.97. The summed E-state index contributed by atoms with van der Waals surface area (Å²) in [7, 11) is -8.97. The summed E-state index contributed by atoms with van der Waals surface area (Å²) >= 11 is 0. The fourth-order valence-electron chi connectivity index (χ4n) is 3.18.